The van der Waals surface area contributed by atoms with Crippen molar-refractivity contribution in [3.8, 4) is 11.8 Å². The Morgan fingerprint density at radius 1 is 1.53 bits per heavy atom. The highest BCUT2D eigenvalue weighted by atomic mass is 35.5. The molecule has 0 saturated carbocycles. The van der Waals surface area contributed by atoms with Crippen LogP contribution in [0.1, 0.15) is 15.9 Å². The van der Waals surface area contributed by atoms with Crippen LogP contribution >= 0.6 is 23.1 Å². The van der Waals surface area contributed by atoms with E-state index in [1.165, 1.54) is 6.07 Å². The van der Waals surface area contributed by atoms with Gasteiger partial charge in [-0.2, -0.15) is 0 Å². The number of carbonyl (C=O) groups excluding carboxylic acids is 1. The monoisotopic (exact) mass is 294 g/mol. The number of hydrogen-bond acceptors (Lipinski definition) is 6. The molecule has 2 aromatic rings. The van der Waals surface area contributed by atoms with Crippen molar-refractivity contribution in [3.63, 3.8) is 0 Å². The molecule has 1 aromatic carbocycles. The fourth-order valence-electron chi connectivity index (χ4n) is 1.24. The van der Waals surface area contributed by atoms with Gasteiger partial charge in [-0.1, -0.05) is 33.0 Å². The molecule has 2 rings (SSSR count). The lowest BCUT2D eigenvalue weighted by molar-refractivity contribution is 0.102. The van der Waals surface area contributed by atoms with Crippen molar-refractivity contribution in [2.75, 3.05) is 11.9 Å². The summed E-state index contributed by atoms with van der Waals surface area (Å²) in [5, 5.41) is 18.8. The van der Waals surface area contributed by atoms with Crippen LogP contribution in [-0.2, 0) is 0 Å². The molecule has 0 spiro atoms. The largest absolute Gasteiger partial charge is 0.384 e. The third kappa shape index (κ3) is 3.48. The maximum atomic E-state index is 11.9. The summed E-state index contributed by atoms with van der Waals surface area (Å²) in [5.74, 6) is 4.81. The molecule has 0 unspecified atom stereocenters. The average molecular weight is 295 g/mol. The van der Waals surface area contributed by atoms with Gasteiger partial charge in [-0.05, 0) is 23.4 Å². The normalized spacial score (nSPS) is 9.58. The van der Waals surface area contributed by atoms with Gasteiger partial charge in [0.25, 0.3) is 5.91 Å². The first kappa shape index (κ1) is 13.4. The second kappa shape index (κ2) is 6.24. The van der Waals surface area contributed by atoms with Gasteiger partial charge in [-0.3, -0.25) is 10.1 Å². The van der Waals surface area contributed by atoms with Crippen LogP contribution in [0.2, 0.25) is 5.02 Å². The lowest BCUT2D eigenvalue weighted by atomic mass is 10.1. The van der Waals surface area contributed by atoms with Crippen LogP contribution in [0.5, 0.6) is 0 Å². The Morgan fingerprint density at radius 3 is 3.00 bits per heavy atom. The highest BCUT2D eigenvalue weighted by Gasteiger charge is 2.10. The minimum absolute atomic E-state index is 0.247. The van der Waals surface area contributed by atoms with Crippen LogP contribution in [0.25, 0.3) is 0 Å². The molecule has 1 heterocycles. The predicted octanol–water partition coefficient (Wildman–Crippen LogP) is 1.18. The molecule has 0 bridgehead atoms. The van der Waals surface area contributed by atoms with Gasteiger partial charge in [0.2, 0.25) is 5.13 Å². The number of benzene rings is 1. The number of hydrogen-bond donors (Lipinski definition) is 2. The van der Waals surface area contributed by atoms with Gasteiger partial charge >= 0.3 is 0 Å². The Balaban J connectivity index is 2.17. The molecule has 1 aromatic heterocycles. The summed E-state index contributed by atoms with van der Waals surface area (Å²) in [6.07, 6.45) is 0. The summed E-state index contributed by atoms with van der Waals surface area (Å²) in [4.78, 5) is 11.9. The standard InChI is InChI=1S/C11H7ClN4O2S/c12-9-6-8(4-3-7(9)2-1-5-17)10(18)13-11-14-15-16-19-11/h3-4,6,17H,5H2,(H,13,14,16,18). The Hall–Kier alpha value is -2.01. The fourth-order valence-corrected chi connectivity index (χ4v) is 1.83. The fraction of sp³-hybridized carbons (Fsp3) is 0.0909. The van der Waals surface area contributed by atoms with Gasteiger partial charge in [-0.15, -0.1) is 0 Å². The Bertz CT molecular complexity index is 648. The summed E-state index contributed by atoms with van der Waals surface area (Å²) < 4.78 is 3.53. The number of carbonyl (C=O) groups is 1. The molecule has 0 saturated heterocycles. The molecule has 2 N–H and O–H groups in total. The van der Waals surface area contributed by atoms with Crippen molar-refractivity contribution in [2.45, 2.75) is 0 Å². The molecule has 6 nitrogen and oxygen atoms in total. The molecular formula is C11H7ClN4O2S. The molecule has 19 heavy (non-hydrogen) atoms. The smallest absolute Gasteiger partial charge is 0.257 e. The first-order chi connectivity index (χ1) is 9.20. The summed E-state index contributed by atoms with van der Waals surface area (Å²) in [7, 11) is 0. The Kier molecular flexibility index (Phi) is 4.41. The summed E-state index contributed by atoms with van der Waals surface area (Å²) >= 11 is 6.97. The van der Waals surface area contributed by atoms with E-state index in [-0.39, 0.29) is 12.5 Å². The highest BCUT2D eigenvalue weighted by Crippen LogP contribution is 2.18. The molecule has 0 aliphatic heterocycles. The van der Waals surface area contributed by atoms with Crippen LogP contribution in [0.15, 0.2) is 18.2 Å². The number of aliphatic hydroxyl groups excluding tert-OH is 1. The van der Waals surface area contributed by atoms with Crippen LogP contribution in [0.4, 0.5) is 5.13 Å². The number of halogens is 1. The van der Waals surface area contributed by atoms with E-state index in [2.05, 4.69) is 32.0 Å². The molecule has 0 atom stereocenters. The van der Waals surface area contributed by atoms with Crippen LogP contribution in [0.3, 0.4) is 0 Å². The van der Waals surface area contributed by atoms with Crippen molar-refractivity contribution < 1.29 is 9.90 Å². The SMILES string of the molecule is O=C(Nc1nnns1)c1ccc(C#CCO)c(Cl)c1. The van der Waals surface area contributed by atoms with Crippen molar-refractivity contribution >= 4 is 34.2 Å². The molecule has 1 amide bonds. The lowest BCUT2D eigenvalue weighted by Gasteiger charge is -2.02. The summed E-state index contributed by atoms with van der Waals surface area (Å²) in [6, 6.07) is 4.68. The summed E-state index contributed by atoms with van der Waals surface area (Å²) in [6.45, 7) is -0.247. The topological polar surface area (TPSA) is 88.0 Å². The van der Waals surface area contributed by atoms with Crippen LogP contribution in [0, 0.1) is 11.8 Å². The number of aliphatic hydroxyl groups is 1. The van der Waals surface area contributed by atoms with Gasteiger partial charge in [0.05, 0.1) is 5.02 Å². The third-order valence-corrected chi connectivity index (χ3v) is 2.88. The van der Waals surface area contributed by atoms with Crippen LogP contribution < -0.4 is 5.32 Å². The second-order valence-corrected chi connectivity index (χ2v) is 4.42. The zero-order valence-electron chi connectivity index (χ0n) is 9.42. The molecular weight excluding hydrogens is 288 g/mol. The molecule has 96 valence electrons. The maximum absolute atomic E-state index is 11.9. The van der Waals surface area contributed by atoms with E-state index < -0.39 is 0 Å². The zero-order chi connectivity index (χ0) is 13.7. The highest BCUT2D eigenvalue weighted by molar-refractivity contribution is 7.09. The second-order valence-electron chi connectivity index (χ2n) is 3.28. The van der Waals surface area contributed by atoms with Gasteiger partial charge in [0.15, 0.2) is 0 Å². The number of nitrogens with one attached hydrogen (secondary N) is 1. The van der Waals surface area contributed by atoms with E-state index in [1.54, 1.807) is 12.1 Å². The minimum Gasteiger partial charge on any atom is -0.384 e. The van der Waals surface area contributed by atoms with Crippen molar-refractivity contribution in [3.05, 3.63) is 34.3 Å². The number of nitrogens with zero attached hydrogens (tertiary/aromatic N) is 3. The molecule has 0 fully saturated rings. The van der Waals surface area contributed by atoms with Gasteiger partial charge in [0, 0.05) is 22.7 Å². The van der Waals surface area contributed by atoms with Crippen LogP contribution in [-0.4, -0.2) is 32.4 Å². The molecule has 0 aliphatic carbocycles. The first-order valence-corrected chi connectivity index (χ1v) is 6.21. The van der Waals surface area contributed by atoms with Crippen molar-refractivity contribution in [1.82, 2.24) is 14.8 Å². The summed E-state index contributed by atoms with van der Waals surface area (Å²) in [5.41, 5.74) is 0.916. The van der Waals surface area contributed by atoms with E-state index >= 15 is 0 Å². The van der Waals surface area contributed by atoms with Crippen molar-refractivity contribution in [1.29, 1.82) is 0 Å². The first-order valence-electron chi connectivity index (χ1n) is 5.06. The number of anilines is 1. The van der Waals surface area contributed by atoms with E-state index in [9.17, 15) is 4.79 Å². The molecule has 8 heteroatoms. The van der Waals surface area contributed by atoms with Gasteiger partial charge < -0.3 is 5.11 Å². The Morgan fingerprint density at radius 2 is 2.37 bits per heavy atom. The van der Waals surface area contributed by atoms with Crippen molar-refractivity contribution in [2.24, 2.45) is 0 Å². The zero-order valence-corrected chi connectivity index (χ0v) is 11.0. The quantitative estimate of drug-likeness (QED) is 0.812. The number of rotatable bonds is 2. The molecule has 0 radical (unpaired) electrons. The lowest BCUT2D eigenvalue weighted by Crippen LogP contribution is -2.11. The average Bonchev–Trinajstić information content (AvgIpc) is 2.90. The van der Waals surface area contributed by atoms with Gasteiger partial charge in [-0.25, -0.2) is 0 Å². The Labute approximate surface area is 117 Å². The maximum Gasteiger partial charge on any atom is 0.257 e. The third-order valence-electron chi connectivity index (χ3n) is 2.05. The van der Waals surface area contributed by atoms with E-state index in [1.807, 2.05) is 0 Å². The van der Waals surface area contributed by atoms with Gasteiger partial charge in [0.1, 0.15) is 6.61 Å². The van der Waals surface area contributed by atoms with E-state index in [4.69, 9.17) is 16.7 Å². The van der Waals surface area contributed by atoms with E-state index in [0.29, 0.717) is 21.3 Å². The number of aromatic nitrogens is 3. The molecule has 0 aliphatic rings. The minimum atomic E-state index is -0.359. The van der Waals surface area contributed by atoms with E-state index in [0.717, 1.165) is 11.5 Å². The predicted molar refractivity (Wildman–Crippen MR) is 71.1 cm³/mol. The number of amides is 1.